The quantitative estimate of drug-likeness (QED) is 0.678. The summed E-state index contributed by atoms with van der Waals surface area (Å²) in [5, 5.41) is 0.994. The second kappa shape index (κ2) is 7.52. The van der Waals surface area contributed by atoms with Crippen LogP contribution in [0.25, 0.3) is 10.2 Å². The third kappa shape index (κ3) is 4.17. The number of nitrogens with zero attached hydrogens (tertiary/aromatic N) is 3. The highest BCUT2D eigenvalue weighted by Gasteiger charge is 2.17. The van der Waals surface area contributed by atoms with Crippen LogP contribution in [0.1, 0.15) is 27.8 Å². The van der Waals surface area contributed by atoms with Crippen molar-refractivity contribution < 1.29 is 18.7 Å². The molecule has 0 spiro atoms. The molecule has 2 amide bonds. The van der Waals surface area contributed by atoms with Crippen molar-refractivity contribution in [2.75, 3.05) is 13.6 Å². The maximum atomic E-state index is 12.2. The number of hydrogen-bond donors (Lipinski definition) is 1. The van der Waals surface area contributed by atoms with E-state index in [9.17, 15) is 9.59 Å². The molecule has 0 unspecified atom stereocenters. The van der Waals surface area contributed by atoms with Crippen LogP contribution in [0.5, 0.6) is 5.75 Å². The van der Waals surface area contributed by atoms with Gasteiger partial charge in [0.05, 0.1) is 15.2 Å². The van der Waals surface area contributed by atoms with E-state index in [2.05, 4.69) is 9.97 Å². The number of amides is 2. The smallest absolute Gasteiger partial charge is 0.275 e. The van der Waals surface area contributed by atoms with Crippen LogP contribution >= 0.6 is 11.3 Å². The number of hydrogen-bond acceptors (Lipinski definition) is 7. The third-order valence-corrected chi connectivity index (χ3v) is 4.59. The van der Waals surface area contributed by atoms with Crippen molar-refractivity contribution in [3.63, 3.8) is 0 Å². The highest BCUT2D eigenvalue weighted by atomic mass is 32.1. The van der Waals surface area contributed by atoms with Crippen LogP contribution in [-0.2, 0) is 11.4 Å². The Labute approximate surface area is 153 Å². The van der Waals surface area contributed by atoms with E-state index in [4.69, 9.17) is 14.9 Å². The molecule has 2 N–H and O–H groups in total. The summed E-state index contributed by atoms with van der Waals surface area (Å²) in [4.78, 5) is 32.9. The molecule has 2 aromatic heterocycles. The summed E-state index contributed by atoms with van der Waals surface area (Å²) in [6.45, 7) is 2.27. The van der Waals surface area contributed by atoms with E-state index in [-0.39, 0.29) is 37.1 Å². The lowest BCUT2D eigenvalue weighted by molar-refractivity contribution is -0.118. The van der Waals surface area contributed by atoms with E-state index in [0.29, 0.717) is 5.75 Å². The van der Waals surface area contributed by atoms with Gasteiger partial charge in [-0.2, -0.15) is 0 Å². The number of oxazole rings is 1. The third-order valence-electron chi connectivity index (χ3n) is 3.64. The van der Waals surface area contributed by atoms with Gasteiger partial charge in [-0.15, -0.1) is 11.3 Å². The SMILES string of the molecule is Cc1nc2cc(OCc3nc(C(=O)N(C)CCC(N)=O)co3)ccc2s1. The second-order valence-electron chi connectivity index (χ2n) is 5.72. The molecular formula is C17H18N4O4S. The highest BCUT2D eigenvalue weighted by molar-refractivity contribution is 7.18. The molecule has 3 rings (SSSR count). The predicted molar refractivity (Wildman–Crippen MR) is 96.0 cm³/mol. The Balaban J connectivity index is 1.60. The minimum Gasteiger partial charge on any atom is -0.484 e. The lowest BCUT2D eigenvalue weighted by Crippen LogP contribution is -2.30. The Hall–Kier alpha value is -2.94. The van der Waals surface area contributed by atoms with E-state index < -0.39 is 5.91 Å². The van der Waals surface area contributed by atoms with E-state index in [1.165, 1.54) is 11.2 Å². The maximum Gasteiger partial charge on any atom is 0.275 e. The van der Waals surface area contributed by atoms with E-state index in [0.717, 1.165) is 15.2 Å². The number of fused-ring (bicyclic) bond motifs is 1. The van der Waals surface area contributed by atoms with Crippen LogP contribution in [0.3, 0.4) is 0 Å². The Morgan fingerprint density at radius 3 is 2.92 bits per heavy atom. The molecule has 0 aliphatic carbocycles. The fourth-order valence-corrected chi connectivity index (χ4v) is 3.12. The minimum absolute atomic E-state index is 0.0902. The molecule has 0 bridgehead atoms. The first-order valence-electron chi connectivity index (χ1n) is 7.90. The van der Waals surface area contributed by atoms with Crippen LogP contribution < -0.4 is 10.5 Å². The van der Waals surface area contributed by atoms with Gasteiger partial charge >= 0.3 is 0 Å². The molecular weight excluding hydrogens is 356 g/mol. The lowest BCUT2D eigenvalue weighted by atomic mass is 10.3. The fraction of sp³-hybridized carbons (Fsp3) is 0.294. The van der Waals surface area contributed by atoms with Gasteiger partial charge in [0.1, 0.15) is 12.0 Å². The molecule has 0 atom stereocenters. The zero-order valence-corrected chi connectivity index (χ0v) is 15.2. The number of aryl methyl sites for hydroxylation is 1. The molecule has 26 heavy (non-hydrogen) atoms. The number of aromatic nitrogens is 2. The molecule has 0 saturated heterocycles. The van der Waals surface area contributed by atoms with Crippen molar-refractivity contribution >= 4 is 33.4 Å². The average molecular weight is 374 g/mol. The predicted octanol–water partition coefficient (Wildman–Crippen LogP) is 2.12. The second-order valence-corrected chi connectivity index (χ2v) is 6.96. The van der Waals surface area contributed by atoms with Crippen molar-refractivity contribution in [2.45, 2.75) is 20.0 Å². The largest absolute Gasteiger partial charge is 0.484 e. The Morgan fingerprint density at radius 2 is 2.15 bits per heavy atom. The monoisotopic (exact) mass is 374 g/mol. The number of benzene rings is 1. The summed E-state index contributed by atoms with van der Waals surface area (Å²) < 4.78 is 12.0. The van der Waals surface area contributed by atoms with Crippen molar-refractivity contribution in [3.8, 4) is 5.75 Å². The molecule has 0 aliphatic rings. The Morgan fingerprint density at radius 1 is 1.35 bits per heavy atom. The number of ether oxygens (including phenoxy) is 1. The first-order valence-corrected chi connectivity index (χ1v) is 8.72. The number of primary amides is 1. The summed E-state index contributed by atoms with van der Waals surface area (Å²) in [6, 6.07) is 5.66. The molecule has 136 valence electrons. The summed E-state index contributed by atoms with van der Waals surface area (Å²) in [5.74, 6) is 0.116. The van der Waals surface area contributed by atoms with Crippen molar-refractivity contribution in [1.82, 2.24) is 14.9 Å². The van der Waals surface area contributed by atoms with Crippen LogP contribution in [0.2, 0.25) is 0 Å². The topological polar surface area (TPSA) is 112 Å². The molecule has 2 heterocycles. The molecule has 0 aliphatic heterocycles. The van der Waals surface area contributed by atoms with Gasteiger partial charge < -0.3 is 19.8 Å². The molecule has 0 saturated carbocycles. The van der Waals surface area contributed by atoms with Crippen LogP contribution in [0, 0.1) is 6.92 Å². The van der Waals surface area contributed by atoms with Crippen LogP contribution in [0.15, 0.2) is 28.9 Å². The van der Waals surface area contributed by atoms with Crippen LogP contribution in [0.4, 0.5) is 0 Å². The molecule has 3 aromatic rings. The van der Waals surface area contributed by atoms with Crippen molar-refractivity contribution in [3.05, 3.63) is 41.1 Å². The van der Waals surface area contributed by atoms with Gasteiger partial charge in [0.25, 0.3) is 5.91 Å². The first kappa shape index (κ1) is 17.9. The summed E-state index contributed by atoms with van der Waals surface area (Å²) in [7, 11) is 1.57. The number of rotatable bonds is 7. The minimum atomic E-state index is -0.467. The Bertz CT molecular complexity index is 949. The van der Waals surface area contributed by atoms with E-state index >= 15 is 0 Å². The average Bonchev–Trinajstić information content (AvgIpc) is 3.22. The van der Waals surface area contributed by atoms with Gasteiger partial charge in [-0.3, -0.25) is 9.59 Å². The maximum absolute atomic E-state index is 12.2. The molecule has 1 aromatic carbocycles. The Kier molecular flexibility index (Phi) is 5.17. The summed E-state index contributed by atoms with van der Waals surface area (Å²) in [5.41, 5.74) is 6.12. The van der Waals surface area contributed by atoms with Gasteiger partial charge in [0.15, 0.2) is 12.3 Å². The van der Waals surface area contributed by atoms with Crippen molar-refractivity contribution in [2.24, 2.45) is 5.73 Å². The first-order chi connectivity index (χ1) is 12.4. The zero-order chi connectivity index (χ0) is 18.7. The van der Waals surface area contributed by atoms with E-state index in [1.807, 2.05) is 25.1 Å². The standard InChI is InChI=1S/C17H18N4O4S/c1-10-19-12-7-11(3-4-14(12)26-10)24-9-16-20-13(8-25-16)17(23)21(2)6-5-15(18)22/h3-4,7-8H,5-6,9H2,1-2H3,(H2,18,22). The molecule has 0 fully saturated rings. The highest BCUT2D eigenvalue weighted by Crippen LogP contribution is 2.26. The number of nitrogens with two attached hydrogens (primary N) is 1. The number of thiazole rings is 1. The normalized spacial score (nSPS) is 10.8. The molecule has 8 nitrogen and oxygen atoms in total. The van der Waals surface area contributed by atoms with Gasteiger partial charge in [-0.1, -0.05) is 0 Å². The van der Waals surface area contributed by atoms with Crippen molar-refractivity contribution in [1.29, 1.82) is 0 Å². The summed E-state index contributed by atoms with van der Waals surface area (Å²) >= 11 is 1.62. The van der Waals surface area contributed by atoms with Gasteiger partial charge in [-0.05, 0) is 19.1 Å². The molecule has 0 radical (unpaired) electrons. The van der Waals surface area contributed by atoms with E-state index in [1.54, 1.807) is 18.4 Å². The van der Waals surface area contributed by atoms with Gasteiger partial charge in [0, 0.05) is 26.1 Å². The van der Waals surface area contributed by atoms with Gasteiger partial charge in [0.2, 0.25) is 11.8 Å². The van der Waals surface area contributed by atoms with Crippen LogP contribution in [-0.4, -0.2) is 40.3 Å². The number of carbonyl (C=O) groups excluding carboxylic acids is 2. The summed E-state index contributed by atoms with van der Waals surface area (Å²) in [6.07, 6.45) is 1.36. The molecule has 9 heteroatoms. The lowest BCUT2D eigenvalue weighted by Gasteiger charge is -2.13. The zero-order valence-electron chi connectivity index (χ0n) is 14.4. The number of carbonyl (C=O) groups is 2. The fourth-order valence-electron chi connectivity index (χ4n) is 2.31. The van der Waals surface area contributed by atoms with Gasteiger partial charge in [-0.25, -0.2) is 9.97 Å².